The van der Waals surface area contributed by atoms with Crippen molar-refractivity contribution < 1.29 is 19.1 Å². The van der Waals surface area contributed by atoms with Gasteiger partial charge in [0.2, 0.25) is 11.8 Å². The fraction of sp³-hybridized carbons (Fsp3) is 0.355. The quantitative estimate of drug-likeness (QED) is 0.286. The molecule has 0 aliphatic rings. The van der Waals surface area contributed by atoms with Gasteiger partial charge < -0.3 is 19.7 Å². The molecule has 0 aromatic heterocycles. The van der Waals surface area contributed by atoms with Crippen LogP contribution in [0.3, 0.4) is 0 Å². The average Bonchev–Trinajstić information content (AvgIpc) is 2.90. The van der Waals surface area contributed by atoms with Crippen molar-refractivity contribution in [2.75, 3.05) is 14.2 Å². The summed E-state index contributed by atoms with van der Waals surface area (Å²) in [4.78, 5) is 29.2. The van der Waals surface area contributed by atoms with E-state index in [1.807, 2.05) is 69.3 Å². The first-order valence-corrected chi connectivity index (χ1v) is 13.6. The second-order valence-electron chi connectivity index (χ2n) is 10.4. The predicted octanol–water partition coefficient (Wildman–Crippen LogP) is 6.50. The molecule has 0 spiro atoms. The van der Waals surface area contributed by atoms with E-state index in [1.165, 1.54) is 0 Å². The van der Waals surface area contributed by atoms with Gasteiger partial charge >= 0.3 is 0 Å². The minimum Gasteiger partial charge on any atom is -0.493 e. The first-order chi connectivity index (χ1) is 18.5. The first kappa shape index (κ1) is 30.3. The molecule has 0 fully saturated rings. The lowest BCUT2D eigenvalue weighted by molar-refractivity contribution is -0.141. The molecule has 208 valence electrons. The predicted molar refractivity (Wildman–Crippen MR) is 157 cm³/mol. The Morgan fingerprint density at radius 1 is 0.872 bits per heavy atom. The van der Waals surface area contributed by atoms with E-state index >= 15 is 0 Å². The molecule has 0 saturated carbocycles. The Labute approximate surface area is 241 Å². The Kier molecular flexibility index (Phi) is 10.7. The number of amides is 2. The summed E-state index contributed by atoms with van der Waals surface area (Å²) in [6.45, 7) is 5.84. The molecule has 0 saturated heterocycles. The molecule has 0 bridgehead atoms. The van der Waals surface area contributed by atoms with Gasteiger partial charge in [-0.05, 0) is 62.6 Å². The Morgan fingerprint density at radius 3 is 2.10 bits per heavy atom. The van der Waals surface area contributed by atoms with Crippen molar-refractivity contribution in [1.29, 1.82) is 0 Å². The maximum Gasteiger partial charge on any atom is 0.243 e. The number of nitrogens with one attached hydrogen (secondary N) is 1. The number of rotatable bonds is 11. The van der Waals surface area contributed by atoms with Crippen LogP contribution in [0.4, 0.5) is 0 Å². The second-order valence-corrected chi connectivity index (χ2v) is 11.2. The number of benzene rings is 3. The van der Waals surface area contributed by atoms with Crippen molar-refractivity contribution in [3.63, 3.8) is 0 Å². The molecular weight excluding hydrogens is 535 g/mol. The van der Waals surface area contributed by atoms with Gasteiger partial charge in [0.05, 0.1) is 14.2 Å². The fourth-order valence-corrected chi connectivity index (χ4v) is 4.81. The van der Waals surface area contributed by atoms with E-state index in [0.717, 1.165) is 11.1 Å². The van der Waals surface area contributed by atoms with Crippen molar-refractivity contribution in [2.45, 2.75) is 58.2 Å². The van der Waals surface area contributed by atoms with Gasteiger partial charge in [0.15, 0.2) is 11.5 Å². The van der Waals surface area contributed by atoms with E-state index in [2.05, 4.69) is 5.32 Å². The molecule has 0 aliphatic heterocycles. The first-order valence-electron chi connectivity index (χ1n) is 12.8. The van der Waals surface area contributed by atoms with E-state index in [9.17, 15) is 9.59 Å². The number of carbonyl (C=O) groups is 2. The summed E-state index contributed by atoms with van der Waals surface area (Å²) in [6.07, 6.45) is 0.962. The van der Waals surface area contributed by atoms with Gasteiger partial charge in [0, 0.05) is 40.5 Å². The SMILES string of the molecule is COc1ccc(CCC(=O)N(Cc2c(Cl)cccc2Cl)[C@@H](Cc2ccccc2)C(=O)NC(C)(C)C)cc1OC. The molecule has 8 heteroatoms. The maximum atomic E-state index is 13.9. The van der Waals surface area contributed by atoms with Crippen LogP contribution in [-0.2, 0) is 29.0 Å². The summed E-state index contributed by atoms with van der Waals surface area (Å²) < 4.78 is 10.7. The molecule has 39 heavy (non-hydrogen) atoms. The lowest BCUT2D eigenvalue weighted by atomic mass is 9.99. The van der Waals surface area contributed by atoms with Crippen LogP contribution >= 0.6 is 23.2 Å². The van der Waals surface area contributed by atoms with E-state index in [1.54, 1.807) is 37.3 Å². The third-order valence-electron chi connectivity index (χ3n) is 6.23. The molecule has 0 unspecified atom stereocenters. The number of methoxy groups -OCH3 is 2. The van der Waals surface area contributed by atoms with Gasteiger partial charge in [-0.15, -0.1) is 0 Å². The van der Waals surface area contributed by atoms with Crippen LogP contribution in [0.15, 0.2) is 66.7 Å². The third-order valence-corrected chi connectivity index (χ3v) is 6.94. The summed E-state index contributed by atoms with van der Waals surface area (Å²) in [5, 5.41) is 3.94. The van der Waals surface area contributed by atoms with Crippen molar-refractivity contribution in [3.8, 4) is 11.5 Å². The van der Waals surface area contributed by atoms with Gasteiger partial charge in [0.25, 0.3) is 0 Å². The zero-order valence-corrected chi connectivity index (χ0v) is 24.6. The number of aryl methyl sites for hydroxylation is 1. The highest BCUT2D eigenvalue weighted by Gasteiger charge is 2.32. The van der Waals surface area contributed by atoms with E-state index < -0.39 is 11.6 Å². The number of ether oxygens (including phenoxy) is 2. The molecule has 6 nitrogen and oxygen atoms in total. The van der Waals surface area contributed by atoms with Crippen LogP contribution in [-0.4, -0.2) is 42.5 Å². The van der Waals surface area contributed by atoms with Gasteiger partial charge in [0.1, 0.15) is 6.04 Å². The third kappa shape index (κ3) is 8.64. The molecule has 0 radical (unpaired) electrons. The summed E-state index contributed by atoms with van der Waals surface area (Å²) in [5.41, 5.74) is 1.97. The lowest BCUT2D eigenvalue weighted by Crippen LogP contribution is -2.54. The normalized spacial score (nSPS) is 12.0. The minimum atomic E-state index is -0.781. The Morgan fingerprint density at radius 2 is 1.51 bits per heavy atom. The number of hydrogen-bond acceptors (Lipinski definition) is 4. The van der Waals surface area contributed by atoms with Crippen LogP contribution in [0, 0.1) is 0 Å². The highest BCUT2D eigenvalue weighted by Crippen LogP contribution is 2.30. The van der Waals surface area contributed by atoms with Gasteiger partial charge in [-0.2, -0.15) is 0 Å². The second kappa shape index (κ2) is 13.7. The summed E-state index contributed by atoms with van der Waals surface area (Å²) in [7, 11) is 3.15. The highest BCUT2D eigenvalue weighted by molar-refractivity contribution is 6.36. The van der Waals surface area contributed by atoms with Crippen LogP contribution in [0.25, 0.3) is 0 Å². The number of nitrogens with zero attached hydrogens (tertiary/aromatic N) is 1. The van der Waals surface area contributed by atoms with Crippen LogP contribution in [0.2, 0.25) is 10.0 Å². The molecule has 1 N–H and O–H groups in total. The fourth-order valence-electron chi connectivity index (χ4n) is 4.29. The summed E-state index contributed by atoms with van der Waals surface area (Å²) in [5.74, 6) is 0.776. The molecule has 1 atom stereocenters. The highest BCUT2D eigenvalue weighted by atomic mass is 35.5. The van der Waals surface area contributed by atoms with Crippen LogP contribution < -0.4 is 14.8 Å². The lowest BCUT2D eigenvalue weighted by Gasteiger charge is -2.34. The van der Waals surface area contributed by atoms with Crippen LogP contribution in [0.1, 0.15) is 43.9 Å². The monoisotopic (exact) mass is 570 g/mol. The number of carbonyl (C=O) groups excluding carboxylic acids is 2. The van der Waals surface area contributed by atoms with Crippen molar-refractivity contribution in [3.05, 3.63) is 93.5 Å². The largest absolute Gasteiger partial charge is 0.493 e. The van der Waals surface area contributed by atoms with E-state index in [0.29, 0.717) is 39.9 Å². The molecule has 0 aliphatic carbocycles. The van der Waals surface area contributed by atoms with Crippen molar-refractivity contribution >= 4 is 35.0 Å². The van der Waals surface area contributed by atoms with Crippen LogP contribution in [0.5, 0.6) is 11.5 Å². The van der Waals surface area contributed by atoms with Gasteiger partial charge in [-0.25, -0.2) is 0 Å². The Hall–Kier alpha value is -3.22. The average molecular weight is 572 g/mol. The summed E-state index contributed by atoms with van der Waals surface area (Å²) >= 11 is 13.0. The van der Waals surface area contributed by atoms with Gasteiger partial charge in [-0.1, -0.05) is 65.7 Å². The topological polar surface area (TPSA) is 67.9 Å². The van der Waals surface area contributed by atoms with Crippen molar-refractivity contribution in [1.82, 2.24) is 10.2 Å². The minimum absolute atomic E-state index is 0.0956. The van der Waals surface area contributed by atoms with Gasteiger partial charge in [-0.3, -0.25) is 9.59 Å². The Balaban J connectivity index is 1.97. The smallest absolute Gasteiger partial charge is 0.243 e. The Bertz CT molecular complexity index is 1260. The van der Waals surface area contributed by atoms with Crippen molar-refractivity contribution in [2.24, 2.45) is 0 Å². The van der Waals surface area contributed by atoms with E-state index in [4.69, 9.17) is 32.7 Å². The summed E-state index contributed by atoms with van der Waals surface area (Å²) in [6, 6.07) is 19.7. The zero-order valence-electron chi connectivity index (χ0n) is 23.1. The molecule has 3 aromatic rings. The maximum absolute atomic E-state index is 13.9. The molecule has 3 aromatic carbocycles. The molecule has 2 amide bonds. The standard InChI is InChI=1S/C31H36Cl2N2O4/c1-31(2,3)34-30(37)26(18-21-10-7-6-8-11-21)35(20-23-24(32)12-9-13-25(23)33)29(36)17-15-22-14-16-27(38-4)28(19-22)39-5/h6-14,16,19,26H,15,17-18,20H2,1-5H3,(H,34,37)/t26-/m0/s1. The van der Waals surface area contributed by atoms with E-state index in [-0.39, 0.29) is 24.8 Å². The molecule has 0 heterocycles. The number of hydrogen-bond donors (Lipinski definition) is 1. The zero-order chi connectivity index (χ0) is 28.6. The molecule has 3 rings (SSSR count). The molecular formula is C31H36Cl2N2O4. The number of halogens is 2.